The van der Waals surface area contributed by atoms with Crippen molar-refractivity contribution < 1.29 is 0 Å². The van der Waals surface area contributed by atoms with Crippen LogP contribution < -0.4 is 0 Å². The van der Waals surface area contributed by atoms with Gasteiger partial charge in [-0.3, -0.25) is 0 Å². The lowest BCUT2D eigenvalue weighted by atomic mass is 10.0. The molecule has 0 spiro atoms. The predicted molar refractivity (Wildman–Crippen MR) is 258 cm³/mol. The van der Waals surface area contributed by atoms with Crippen molar-refractivity contribution in [2.45, 2.75) is 13.8 Å². The second kappa shape index (κ2) is 16.0. The van der Waals surface area contributed by atoms with Crippen molar-refractivity contribution in [2.24, 2.45) is 0 Å². The van der Waals surface area contributed by atoms with Crippen LogP contribution in [0.1, 0.15) is 25.0 Å². The number of hydrogen-bond donors (Lipinski definition) is 0. The molecule has 0 saturated heterocycles. The lowest BCUT2D eigenvalue weighted by Gasteiger charge is -2.19. The Kier molecular flexibility index (Phi) is 9.73. The van der Waals surface area contributed by atoms with E-state index in [-0.39, 0.29) is 0 Å². The first-order valence-electron chi connectivity index (χ1n) is 21.0. The third-order valence-electron chi connectivity index (χ3n) is 11.8. The quantitative estimate of drug-likeness (QED) is 0.168. The van der Waals surface area contributed by atoms with Gasteiger partial charge in [-0.05, 0) is 105 Å². The standard InChI is InChI=1S/C56H34N4.C2H6/c57-35-37-29-46(36-58)56(60-53-27-23-44(40-17-9-3-10-18-40)33-49(53)50-34-45(24-28-54(50)60)41-19-11-4-12-20-41)55(30-37)59-51-25-21-42(38-13-5-1-6-14-38)31-47(51)48-32-43(22-26-52(48)59)39-15-7-2-8-16-39;1-2/h1-34H;1-2H3. The molecule has 0 aliphatic heterocycles. The molecule has 2 aromatic heterocycles. The summed E-state index contributed by atoms with van der Waals surface area (Å²) in [6, 6.07) is 76.8. The zero-order valence-electron chi connectivity index (χ0n) is 34.4. The molecule has 62 heavy (non-hydrogen) atoms. The summed E-state index contributed by atoms with van der Waals surface area (Å²) in [5, 5.41) is 25.9. The lowest BCUT2D eigenvalue weighted by molar-refractivity contribution is 1.08. The van der Waals surface area contributed by atoms with Crippen molar-refractivity contribution in [2.75, 3.05) is 0 Å². The van der Waals surface area contributed by atoms with E-state index >= 15 is 0 Å². The molecule has 4 nitrogen and oxygen atoms in total. The maximum absolute atomic E-state index is 11.1. The molecule has 0 fully saturated rings. The molecule has 0 saturated carbocycles. The van der Waals surface area contributed by atoms with Gasteiger partial charge in [0.05, 0.1) is 50.6 Å². The van der Waals surface area contributed by atoms with Gasteiger partial charge in [-0.1, -0.05) is 159 Å². The summed E-state index contributed by atoms with van der Waals surface area (Å²) in [4.78, 5) is 0. The van der Waals surface area contributed by atoms with Crippen LogP contribution >= 0.6 is 0 Å². The van der Waals surface area contributed by atoms with E-state index in [1.807, 2.05) is 44.2 Å². The summed E-state index contributed by atoms with van der Waals surface area (Å²) in [5.41, 5.74) is 15.2. The number of rotatable bonds is 6. The Morgan fingerprint density at radius 3 is 0.952 bits per heavy atom. The fourth-order valence-electron chi connectivity index (χ4n) is 8.96. The van der Waals surface area contributed by atoms with Crippen molar-refractivity contribution in [1.82, 2.24) is 9.13 Å². The molecule has 0 N–H and O–H groups in total. The zero-order valence-corrected chi connectivity index (χ0v) is 34.4. The summed E-state index contributed by atoms with van der Waals surface area (Å²) >= 11 is 0. The molecule has 9 aromatic carbocycles. The van der Waals surface area contributed by atoms with Gasteiger partial charge in [-0.2, -0.15) is 10.5 Å². The average molecular weight is 793 g/mol. The molecule has 11 rings (SSSR count). The normalized spacial score (nSPS) is 11.0. The minimum atomic E-state index is 0.416. The number of fused-ring (bicyclic) bond motifs is 6. The van der Waals surface area contributed by atoms with Gasteiger partial charge in [0.1, 0.15) is 6.07 Å². The Balaban J connectivity index is 0.00000226. The van der Waals surface area contributed by atoms with Crippen molar-refractivity contribution in [3.05, 3.63) is 217 Å². The molecule has 0 amide bonds. The molecule has 0 aliphatic carbocycles. The summed E-state index contributed by atoms with van der Waals surface area (Å²) in [5.74, 6) is 0. The van der Waals surface area contributed by atoms with E-state index in [1.165, 1.54) is 0 Å². The van der Waals surface area contributed by atoms with E-state index in [1.54, 1.807) is 6.07 Å². The molecule has 4 heteroatoms. The Labute approximate surface area is 361 Å². The Morgan fingerprint density at radius 2 is 0.645 bits per heavy atom. The van der Waals surface area contributed by atoms with Crippen LogP contribution in [0, 0.1) is 22.7 Å². The second-order valence-electron chi connectivity index (χ2n) is 15.2. The van der Waals surface area contributed by atoms with Gasteiger partial charge < -0.3 is 9.13 Å². The van der Waals surface area contributed by atoms with E-state index in [4.69, 9.17) is 0 Å². The molecule has 292 valence electrons. The second-order valence-corrected chi connectivity index (χ2v) is 15.2. The van der Waals surface area contributed by atoms with Crippen LogP contribution in [0.3, 0.4) is 0 Å². The number of benzene rings is 9. The predicted octanol–water partition coefficient (Wildman–Crippen LogP) is 15.3. The fraction of sp³-hybridized carbons (Fsp3) is 0.0345. The molecule has 0 atom stereocenters. The monoisotopic (exact) mass is 792 g/mol. The van der Waals surface area contributed by atoms with Crippen LogP contribution in [0.2, 0.25) is 0 Å². The van der Waals surface area contributed by atoms with E-state index in [9.17, 15) is 10.5 Å². The van der Waals surface area contributed by atoms with Crippen molar-refractivity contribution in [1.29, 1.82) is 10.5 Å². The van der Waals surface area contributed by atoms with Crippen LogP contribution in [0.4, 0.5) is 0 Å². The highest BCUT2D eigenvalue weighted by atomic mass is 15.1. The molecule has 0 aliphatic rings. The van der Waals surface area contributed by atoms with Gasteiger partial charge in [0.25, 0.3) is 0 Å². The Hall–Kier alpha value is -8.44. The van der Waals surface area contributed by atoms with Gasteiger partial charge in [0.15, 0.2) is 0 Å². The fourth-order valence-corrected chi connectivity index (χ4v) is 8.96. The summed E-state index contributed by atoms with van der Waals surface area (Å²) in [7, 11) is 0. The Morgan fingerprint density at radius 1 is 0.323 bits per heavy atom. The highest BCUT2D eigenvalue weighted by molar-refractivity contribution is 6.14. The number of aromatic nitrogens is 2. The SMILES string of the molecule is CC.N#Cc1cc(C#N)c(-n2c3ccc(-c4ccccc4)cc3c3cc(-c4ccccc4)ccc32)c(-n2c3ccc(-c4ccccc4)cc3c3cc(-c4ccccc4)ccc32)c1. The first-order chi connectivity index (χ1) is 30.7. The van der Waals surface area contributed by atoms with E-state index < -0.39 is 0 Å². The first-order valence-corrected chi connectivity index (χ1v) is 21.0. The van der Waals surface area contributed by atoms with E-state index in [0.717, 1.165) is 99.5 Å². The molecule has 0 radical (unpaired) electrons. The van der Waals surface area contributed by atoms with Gasteiger partial charge in [-0.25, -0.2) is 0 Å². The van der Waals surface area contributed by atoms with Gasteiger partial charge in [0, 0.05) is 21.5 Å². The zero-order chi connectivity index (χ0) is 42.2. The largest absolute Gasteiger partial charge is 0.307 e. The minimum Gasteiger partial charge on any atom is -0.307 e. The van der Waals surface area contributed by atoms with Gasteiger partial charge >= 0.3 is 0 Å². The lowest BCUT2D eigenvalue weighted by Crippen LogP contribution is -2.07. The van der Waals surface area contributed by atoms with E-state index in [0.29, 0.717) is 11.1 Å². The van der Waals surface area contributed by atoms with Crippen LogP contribution in [0.15, 0.2) is 206 Å². The molecule has 2 heterocycles. The topological polar surface area (TPSA) is 57.4 Å². The van der Waals surface area contributed by atoms with Crippen LogP contribution in [-0.4, -0.2) is 9.13 Å². The molecule has 0 bridgehead atoms. The van der Waals surface area contributed by atoms with Crippen LogP contribution in [0.5, 0.6) is 0 Å². The minimum absolute atomic E-state index is 0.416. The average Bonchev–Trinajstić information content (AvgIpc) is 3.86. The van der Waals surface area contributed by atoms with Crippen LogP contribution in [-0.2, 0) is 0 Å². The maximum atomic E-state index is 11.1. The third-order valence-corrected chi connectivity index (χ3v) is 11.8. The summed E-state index contributed by atoms with van der Waals surface area (Å²) in [6.45, 7) is 4.00. The van der Waals surface area contributed by atoms with Gasteiger partial charge in [-0.15, -0.1) is 0 Å². The van der Waals surface area contributed by atoms with Gasteiger partial charge in [0.2, 0.25) is 0 Å². The summed E-state index contributed by atoms with van der Waals surface area (Å²) < 4.78 is 4.48. The van der Waals surface area contributed by atoms with Crippen LogP contribution in [0.25, 0.3) is 99.5 Å². The smallest absolute Gasteiger partial charge is 0.101 e. The number of hydrogen-bond acceptors (Lipinski definition) is 2. The number of nitriles is 2. The van der Waals surface area contributed by atoms with Crippen molar-refractivity contribution >= 4 is 43.6 Å². The molecular formula is C58H40N4. The van der Waals surface area contributed by atoms with Crippen molar-refractivity contribution in [3.63, 3.8) is 0 Å². The number of nitrogens with zero attached hydrogens (tertiary/aromatic N) is 4. The molecular weight excluding hydrogens is 753 g/mol. The van der Waals surface area contributed by atoms with E-state index in [2.05, 4.69) is 191 Å². The Bertz CT molecular complexity index is 3340. The highest BCUT2D eigenvalue weighted by Crippen LogP contribution is 2.43. The van der Waals surface area contributed by atoms with Crippen molar-refractivity contribution in [3.8, 4) is 68.0 Å². The summed E-state index contributed by atoms with van der Waals surface area (Å²) in [6.07, 6.45) is 0. The first kappa shape index (κ1) is 37.8. The maximum Gasteiger partial charge on any atom is 0.101 e. The third kappa shape index (κ3) is 6.40. The molecule has 11 aromatic rings. The molecule has 0 unspecified atom stereocenters. The highest BCUT2D eigenvalue weighted by Gasteiger charge is 2.24.